The van der Waals surface area contributed by atoms with E-state index in [1.165, 1.54) is 12.1 Å². The number of rotatable bonds is 9. The van der Waals surface area contributed by atoms with Crippen LogP contribution in [0.3, 0.4) is 0 Å². The van der Waals surface area contributed by atoms with Crippen molar-refractivity contribution in [1.29, 1.82) is 0 Å². The molecular weight excluding hydrogens is 382 g/mol. The van der Waals surface area contributed by atoms with E-state index < -0.39 is 23.6 Å². The van der Waals surface area contributed by atoms with Crippen LogP contribution in [0.5, 0.6) is 0 Å². The molecule has 158 valence electrons. The molecule has 2 aromatic rings. The van der Waals surface area contributed by atoms with Crippen molar-refractivity contribution in [3.05, 3.63) is 47.2 Å². The quantitative estimate of drug-likeness (QED) is 0.511. The molecule has 2 unspecified atom stereocenters. The number of carbonyl (C=O) groups is 2. The molecule has 9 heteroatoms. The lowest BCUT2D eigenvalue weighted by Crippen LogP contribution is -2.38. The SMILES string of the molecule is CC(Cc1cc(NC(=O)CCNC(=O)C(O)C(C)C)n[nH]1)c1cc(F)cc(F)c1. The second-order valence-corrected chi connectivity index (χ2v) is 7.36. The summed E-state index contributed by atoms with van der Waals surface area (Å²) in [5, 5.41) is 21.5. The van der Waals surface area contributed by atoms with E-state index in [9.17, 15) is 23.5 Å². The van der Waals surface area contributed by atoms with Crippen LogP contribution in [-0.4, -0.2) is 39.8 Å². The molecule has 29 heavy (non-hydrogen) atoms. The summed E-state index contributed by atoms with van der Waals surface area (Å²) in [6, 6.07) is 5.05. The van der Waals surface area contributed by atoms with E-state index >= 15 is 0 Å². The molecule has 2 rings (SSSR count). The van der Waals surface area contributed by atoms with Crippen LogP contribution in [0.1, 0.15) is 44.4 Å². The van der Waals surface area contributed by atoms with Gasteiger partial charge in [0.15, 0.2) is 5.82 Å². The number of hydrogen-bond donors (Lipinski definition) is 4. The summed E-state index contributed by atoms with van der Waals surface area (Å²) >= 11 is 0. The van der Waals surface area contributed by atoms with E-state index in [1.54, 1.807) is 19.9 Å². The highest BCUT2D eigenvalue weighted by Crippen LogP contribution is 2.22. The van der Waals surface area contributed by atoms with Crippen molar-refractivity contribution in [2.75, 3.05) is 11.9 Å². The van der Waals surface area contributed by atoms with Crippen molar-refractivity contribution < 1.29 is 23.5 Å². The number of benzene rings is 1. The summed E-state index contributed by atoms with van der Waals surface area (Å²) in [5.41, 5.74) is 1.23. The number of aromatic nitrogens is 2. The Kier molecular flexibility index (Phi) is 7.83. The Balaban J connectivity index is 1.82. The van der Waals surface area contributed by atoms with Crippen molar-refractivity contribution in [3.8, 4) is 0 Å². The van der Waals surface area contributed by atoms with Gasteiger partial charge < -0.3 is 15.7 Å². The van der Waals surface area contributed by atoms with Gasteiger partial charge in [0.2, 0.25) is 11.8 Å². The molecule has 0 radical (unpaired) electrons. The fraction of sp³-hybridized carbons (Fsp3) is 0.450. The lowest BCUT2D eigenvalue weighted by Gasteiger charge is -2.13. The fourth-order valence-corrected chi connectivity index (χ4v) is 2.75. The van der Waals surface area contributed by atoms with E-state index in [1.807, 2.05) is 6.92 Å². The molecule has 0 spiro atoms. The van der Waals surface area contributed by atoms with E-state index in [0.717, 1.165) is 6.07 Å². The Bertz CT molecular complexity index is 834. The molecule has 0 aliphatic carbocycles. The van der Waals surface area contributed by atoms with Gasteiger partial charge in [-0.2, -0.15) is 5.10 Å². The molecule has 1 aromatic heterocycles. The highest BCUT2D eigenvalue weighted by atomic mass is 19.1. The van der Waals surface area contributed by atoms with Gasteiger partial charge >= 0.3 is 0 Å². The predicted octanol–water partition coefficient (Wildman–Crippen LogP) is 2.50. The standard InChI is InChI=1S/C20H26F2N4O3/c1-11(2)19(28)20(29)23-5-4-18(27)24-17-10-16(25-26-17)6-12(3)13-7-14(21)9-15(22)8-13/h7-12,19,28H,4-6H2,1-3H3,(H,23,29)(H2,24,25,26,27). The molecule has 0 aliphatic heterocycles. The first kappa shape index (κ1) is 22.5. The third-order valence-corrected chi connectivity index (χ3v) is 4.43. The normalized spacial score (nSPS) is 13.2. The second kappa shape index (κ2) is 10.1. The zero-order valence-electron chi connectivity index (χ0n) is 16.6. The third-order valence-electron chi connectivity index (χ3n) is 4.43. The van der Waals surface area contributed by atoms with Gasteiger partial charge in [-0.15, -0.1) is 0 Å². The fourth-order valence-electron chi connectivity index (χ4n) is 2.75. The molecular formula is C20H26F2N4O3. The van der Waals surface area contributed by atoms with E-state index in [-0.39, 0.29) is 30.7 Å². The molecule has 4 N–H and O–H groups in total. The van der Waals surface area contributed by atoms with Crippen LogP contribution in [0.2, 0.25) is 0 Å². The molecule has 0 bridgehead atoms. The lowest BCUT2D eigenvalue weighted by atomic mass is 9.96. The Labute approximate surface area is 167 Å². The zero-order valence-corrected chi connectivity index (χ0v) is 16.6. The summed E-state index contributed by atoms with van der Waals surface area (Å²) in [6.07, 6.45) is -0.632. The molecule has 1 aromatic carbocycles. The van der Waals surface area contributed by atoms with Gasteiger partial charge in [-0.3, -0.25) is 14.7 Å². The van der Waals surface area contributed by atoms with Crippen LogP contribution < -0.4 is 10.6 Å². The van der Waals surface area contributed by atoms with Crippen LogP contribution >= 0.6 is 0 Å². The van der Waals surface area contributed by atoms with Gasteiger partial charge in [0.05, 0.1) is 0 Å². The third kappa shape index (κ3) is 6.94. The number of aromatic amines is 1. The van der Waals surface area contributed by atoms with Gasteiger partial charge in [0.1, 0.15) is 17.7 Å². The first-order valence-electron chi connectivity index (χ1n) is 9.41. The largest absolute Gasteiger partial charge is 0.383 e. The maximum atomic E-state index is 13.4. The van der Waals surface area contributed by atoms with Gasteiger partial charge in [0.25, 0.3) is 0 Å². The van der Waals surface area contributed by atoms with Crippen LogP contribution in [-0.2, 0) is 16.0 Å². The second-order valence-electron chi connectivity index (χ2n) is 7.36. The monoisotopic (exact) mass is 408 g/mol. The van der Waals surface area contributed by atoms with Crippen LogP contribution in [0, 0.1) is 17.6 Å². The molecule has 2 atom stereocenters. The summed E-state index contributed by atoms with van der Waals surface area (Å²) in [5.74, 6) is -2.17. The highest BCUT2D eigenvalue weighted by Gasteiger charge is 2.18. The predicted molar refractivity (Wildman–Crippen MR) is 104 cm³/mol. The van der Waals surface area contributed by atoms with E-state index in [2.05, 4.69) is 20.8 Å². The van der Waals surface area contributed by atoms with Crippen LogP contribution in [0.15, 0.2) is 24.3 Å². The molecule has 0 aliphatic rings. The summed E-state index contributed by atoms with van der Waals surface area (Å²) < 4.78 is 26.7. The van der Waals surface area contributed by atoms with Crippen molar-refractivity contribution in [2.24, 2.45) is 5.92 Å². The smallest absolute Gasteiger partial charge is 0.249 e. The number of H-pyrrole nitrogens is 1. The Hall–Kier alpha value is -2.81. The van der Waals surface area contributed by atoms with Crippen LogP contribution in [0.4, 0.5) is 14.6 Å². The van der Waals surface area contributed by atoms with Gasteiger partial charge in [0, 0.05) is 30.8 Å². The number of nitrogens with one attached hydrogen (secondary N) is 3. The van der Waals surface area contributed by atoms with Gasteiger partial charge in [-0.1, -0.05) is 20.8 Å². The van der Waals surface area contributed by atoms with Crippen molar-refractivity contribution >= 4 is 17.6 Å². The average molecular weight is 408 g/mol. The molecule has 7 nitrogen and oxygen atoms in total. The number of nitrogens with zero attached hydrogens (tertiary/aromatic N) is 1. The average Bonchev–Trinajstić information content (AvgIpc) is 3.06. The Morgan fingerprint density at radius 2 is 1.79 bits per heavy atom. The van der Waals surface area contributed by atoms with E-state index in [4.69, 9.17) is 0 Å². The molecule has 1 heterocycles. The maximum Gasteiger partial charge on any atom is 0.249 e. The number of aliphatic hydroxyl groups excluding tert-OH is 1. The first-order valence-corrected chi connectivity index (χ1v) is 9.41. The number of aliphatic hydroxyl groups is 1. The number of anilines is 1. The molecule has 0 saturated heterocycles. The summed E-state index contributed by atoms with van der Waals surface area (Å²) in [7, 11) is 0. The molecule has 2 amide bonds. The summed E-state index contributed by atoms with van der Waals surface area (Å²) in [6.45, 7) is 5.37. The molecule has 0 saturated carbocycles. The first-order chi connectivity index (χ1) is 13.7. The highest BCUT2D eigenvalue weighted by molar-refractivity contribution is 5.90. The number of halogens is 2. The number of amides is 2. The molecule has 0 fully saturated rings. The van der Waals surface area contributed by atoms with Crippen LogP contribution in [0.25, 0.3) is 0 Å². The van der Waals surface area contributed by atoms with Crippen molar-refractivity contribution in [2.45, 2.75) is 45.6 Å². The minimum Gasteiger partial charge on any atom is -0.383 e. The minimum absolute atomic E-state index is 0.0255. The number of hydrogen-bond acceptors (Lipinski definition) is 4. The van der Waals surface area contributed by atoms with Gasteiger partial charge in [-0.05, 0) is 36.0 Å². The van der Waals surface area contributed by atoms with Gasteiger partial charge in [-0.25, -0.2) is 8.78 Å². The Morgan fingerprint density at radius 1 is 1.14 bits per heavy atom. The maximum absolute atomic E-state index is 13.4. The lowest BCUT2D eigenvalue weighted by molar-refractivity contribution is -0.131. The van der Waals surface area contributed by atoms with E-state index in [0.29, 0.717) is 23.5 Å². The zero-order chi connectivity index (χ0) is 21.6. The van der Waals surface area contributed by atoms with Crippen molar-refractivity contribution in [1.82, 2.24) is 15.5 Å². The van der Waals surface area contributed by atoms with Crippen molar-refractivity contribution in [3.63, 3.8) is 0 Å². The topological polar surface area (TPSA) is 107 Å². The minimum atomic E-state index is -1.11. The number of carbonyl (C=O) groups excluding carboxylic acids is 2. The summed E-state index contributed by atoms with van der Waals surface area (Å²) in [4.78, 5) is 23.6. The Morgan fingerprint density at radius 3 is 2.41 bits per heavy atom.